The van der Waals surface area contributed by atoms with Crippen molar-refractivity contribution in [3.8, 4) is 89.8 Å². The Morgan fingerprint density at radius 2 is 0.500 bits per heavy atom. The van der Waals surface area contributed by atoms with Crippen molar-refractivity contribution in [3.63, 3.8) is 0 Å². The highest BCUT2D eigenvalue weighted by Gasteiger charge is 2.37. The zero-order chi connectivity index (χ0) is 97.5. The Balaban J connectivity index is 0.000000102. The third kappa shape index (κ3) is 13.1. The Hall–Kier alpha value is -18.9. The third-order valence-corrected chi connectivity index (χ3v) is 32.8. The predicted molar refractivity (Wildman–Crippen MR) is 630 cm³/mol. The molecule has 24 aromatic carbocycles. The van der Waals surface area contributed by atoms with Crippen molar-refractivity contribution in [2.24, 2.45) is 0 Å². The van der Waals surface area contributed by atoms with E-state index in [2.05, 4.69) is 563 Å². The molecule has 0 bridgehead atoms. The fourth-order valence-electron chi connectivity index (χ4n) is 25.2. The maximum absolute atomic E-state index is 2.48. The quantitative estimate of drug-likeness (QED) is 0.131. The Morgan fingerprint density at radius 3 is 0.993 bits per heavy atom. The Kier molecular flexibility index (Phi) is 19.2. The Labute approximate surface area is 857 Å². The molecule has 1 aliphatic rings. The molecule has 0 aliphatic heterocycles. The second-order valence-electron chi connectivity index (χ2n) is 40.0. The highest BCUT2D eigenvalue weighted by Crippen LogP contribution is 2.55. The molecule has 0 saturated heterocycles. The fraction of sp³-hybridized carbons (Fsp3) is 0.0213. The molecule has 0 spiro atoms. The standard InChI is InChI=1S/C49H34N2.C46H28N2S.C46H30N2/c1-49(2)41-23-10-8-21-38(41)47-36(22-13-24-42(47)49)32-15-12-18-34(28-32)51-43-25-11-9-20-37(43)39-29-40-46(30-45(39)51)50(33-16-4-3-5-17-33)44-27-26-31-14-6-7-19-35(31)48(40)44;1-2-14-31(15-3-1)47-40-25-24-29-12-4-5-17-33(29)45(40)38-27-37-35-18-6-8-21-39(35)48(41(37)28-42(38)47)32-16-10-13-30(26-32)34-20-11-23-44-46(34)36-19-7-9-22-43(36)49-44;1-4-14-31(15-5-1)34-25-26-42(38(28-34)32-16-6-2-7-17-32)48-41-23-13-12-22-37(41)39-29-40-45(30-44(39)48)47(35-19-8-3-9-20-35)43-27-24-33-18-10-11-21-36(33)46(40)43/h3-30H,1-2H3;1-28H;1-30H. The number of nitrogens with zero attached hydrogens (tertiary/aromatic N) is 6. The van der Waals surface area contributed by atoms with Crippen LogP contribution in [0.4, 0.5) is 0 Å². The van der Waals surface area contributed by atoms with Gasteiger partial charge in [0.05, 0.1) is 71.9 Å². The van der Waals surface area contributed by atoms with Crippen LogP contribution in [0, 0.1) is 0 Å². The van der Waals surface area contributed by atoms with Gasteiger partial charge in [0.1, 0.15) is 0 Å². The number of hydrogen-bond acceptors (Lipinski definition) is 1. The van der Waals surface area contributed by atoms with Gasteiger partial charge in [-0.25, -0.2) is 0 Å². The van der Waals surface area contributed by atoms with Crippen molar-refractivity contribution < 1.29 is 0 Å². The van der Waals surface area contributed by atoms with Crippen molar-refractivity contribution >= 4 is 195 Å². The Bertz CT molecular complexity index is 10900. The zero-order valence-corrected chi connectivity index (χ0v) is 82.1. The lowest BCUT2D eigenvalue weighted by molar-refractivity contribution is 0.660. The lowest BCUT2D eigenvalue weighted by Gasteiger charge is -2.21. The fourth-order valence-corrected chi connectivity index (χ4v) is 26.3. The highest BCUT2D eigenvalue weighted by atomic mass is 32.1. The van der Waals surface area contributed by atoms with Crippen LogP contribution in [0.5, 0.6) is 0 Å². The van der Waals surface area contributed by atoms with E-state index < -0.39 is 0 Å². The van der Waals surface area contributed by atoms with E-state index in [1.807, 2.05) is 11.3 Å². The number of benzene rings is 24. The average Bonchev–Trinajstić information content (AvgIpc) is 1.55. The zero-order valence-electron chi connectivity index (χ0n) is 81.2. The summed E-state index contributed by atoms with van der Waals surface area (Å²) in [5, 5.41) is 25.5. The SMILES string of the molecule is CC1(C)c2ccccc2-c2c(-c3cccc(-n4c5ccccc5c5cc6c7c8ccccc8ccc7n(-c7ccccc7)c6cc54)c3)cccc21.c1ccc(-c2ccc(-n3c4ccccc4c4cc5c6c7ccccc7ccc6n(-c6ccccc6)c5cc43)c(-c3ccccc3)c2)cc1.c1ccc(-n2c3cc4c(cc3c3c5ccccc5ccc32)c2ccccc2n4-c2cccc(-c3cccc4sc5ccccc5c34)c2)cc1. The molecular formula is C141H92N6S. The summed E-state index contributed by atoms with van der Waals surface area (Å²) in [5.74, 6) is 0. The average molecular weight is 1900 g/mol. The molecule has 0 unspecified atom stereocenters. The minimum absolute atomic E-state index is 0.0414. The second kappa shape index (κ2) is 33.6. The lowest BCUT2D eigenvalue weighted by atomic mass is 9.82. The minimum atomic E-state index is -0.0414. The maximum Gasteiger partial charge on any atom is 0.0562 e. The van der Waals surface area contributed by atoms with Gasteiger partial charge in [0, 0.05) is 124 Å². The minimum Gasteiger partial charge on any atom is -0.309 e. The number of fused-ring (bicyclic) bond motifs is 30. The molecule has 31 aromatic rings. The molecule has 148 heavy (non-hydrogen) atoms. The van der Waals surface area contributed by atoms with Crippen LogP contribution in [-0.4, -0.2) is 27.4 Å². The molecule has 32 rings (SSSR count). The smallest absolute Gasteiger partial charge is 0.0562 e. The van der Waals surface area contributed by atoms with E-state index >= 15 is 0 Å². The first-order valence-corrected chi connectivity index (χ1v) is 52.0. The van der Waals surface area contributed by atoms with Gasteiger partial charge < -0.3 is 27.4 Å². The number of thiophene rings is 1. The number of rotatable bonds is 10. The molecule has 7 heterocycles. The molecule has 6 nitrogen and oxygen atoms in total. The van der Waals surface area contributed by atoms with E-state index in [-0.39, 0.29) is 5.41 Å². The van der Waals surface area contributed by atoms with E-state index in [4.69, 9.17) is 0 Å². The van der Waals surface area contributed by atoms with Crippen molar-refractivity contribution in [3.05, 3.63) is 533 Å². The highest BCUT2D eigenvalue weighted by molar-refractivity contribution is 7.26. The van der Waals surface area contributed by atoms with Crippen LogP contribution in [0.25, 0.3) is 273 Å². The number of para-hydroxylation sites is 6. The first kappa shape index (κ1) is 84.7. The summed E-state index contributed by atoms with van der Waals surface area (Å²) in [6.07, 6.45) is 0. The largest absolute Gasteiger partial charge is 0.309 e. The molecule has 0 N–H and O–H groups in total. The molecule has 0 fully saturated rings. The van der Waals surface area contributed by atoms with E-state index in [0.717, 1.165) is 28.4 Å². The number of aromatic nitrogens is 6. The van der Waals surface area contributed by atoms with Gasteiger partial charge in [-0.1, -0.05) is 378 Å². The summed E-state index contributed by atoms with van der Waals surface area (Å²) < 4.78 is 17.4. The van der Waals surface area contributed by atoms with Crippen molar-refractivity contribution in [2.75, 3.05) is 0 Å². The van der Waals surface area contributed by atoms with Gasteiger partial charge in [-0.2, -0.15) is 0 Å². The molecule has 692 valence electrons. The van der Waals surface area contributed by atoms with Crippen LogP contribution in [0.2, 0.25) is 0 Å². The van der Waals surface area contributed by atoms with Gasteiger partial charge in [0.25, 0.3) is 0 Å². The van der Waals surface area contributed by atoms with E-state index in [1.54, 1.807) is 0 Å². The van der Waals surface area contributed by atoms with Gasteiger partial charge in [-0.05, 0) is 251 Å². The molecule has 0 amide bonds. The predicted octanol–water partition coefficient (Wildman–Crippen LogP) is 38.4. The molecule has 7 aromatic heterocycles. The summed E-state index contributed by atoms with van der Waals surface area (Å²) in [4.78, 5) is 0. The summed E-state index contributed by atoms with van der Waals surface area (Å²) >= 11 is 1.87. The van der Waals surface area contributed by atoms with Crippen molar-refractivity contribution in [1.82, 2.24) is 27.4 Å². The monoisotopic (exact) mass is 1900 g/mol. The molecule has 0 atom stereocenters. The maximum atomic E-state index is 2.48. The van der Waals surface area contributed by atoms with Crippen LogP contribution < -0.4 is 0 Å². The van der Waals surface area contributed by atoms with Crippen molar-refractivity contribution in [1.29, 1.82) is 0 Å². The lowest BCUT2D eigenvalue weighted by Crippen LogP contribution is -2.14. The molecule has 7 heteroatoms. The van der Waals surface area contributed by atoms with Crippen LogP contribution >= 0.6 is 11.3 Å². The van der Waals surface area contributed by atoms with Crippen LogP contribution in [0.15, 0.2) is 522 Å². The first-order chi connectivity index (χ1) is 73.2. The molecule has 0 saturated carbocycles. The second-order valence-corrected chi connectivity index (χ2v) is 41.1. The van der Waals surface area contributed by atoms with Crippen LogP contribution in [0.1, 0.15) is 25.0 Å². The van der Waals surface area contributed by atoms with Crippen LogP contribution in [0.3, 0.4) is 0 Å². The molecule has 0 radical (unpaired) electrons. The van der Waals surface area contributed by atoms with Gasteiger partial charge in [0.15, 0.2) is 0 Å². The van der Waals surface area contributed by atoms with Gasteiger partial charge >= 0.3 is 0 Å². The van der Waals surface area contributed by atoms with E-state index in [0.29, 0.717) is 0 Å². The van der Waals surface area contributed by atoms with Gasteiger partial charge in [-0.3, -0.25) is 0 Å². The molecular weight excluding hydrogens is 1810 g/mol. The van der Waals surface area contributed by atoms with Crippen LogP contribution in [-0.2, 0) is 5.41 Å². The molecule has 1 aliphatic carbocycles. The summed E-state index contributed by atoms with van der Waals surface area (Å²) in [6.45, 7) is 4.71. The summed E-state index contributed by atoms with van der Waals surface area (Å²) in [7, 11) is 0. The summed E-state index contributed by atoms with van der Waals surface area (Å²) in [5.41, 5.74) is 36.8. The van der Waals surface area contributed by atoms with E-state index in [9.17, 15) is 0 Å². The van der Waals surface area contributed by atoms with Gasteiger partial charge in [-0.15, -0.1) is 11.3 Å². The van der Waals surface area contributed by atoms with Crippen molar-refractivity contribution in [2.45, 2.75) is 19.3 Å². The van der Waals surface area contributed by atoms with Gasteiger partial charge in [0.2, 0.25) is 0 Å². The first-order valence-electron chi connectivity index (χ1n) is 51.2. The van der Waals surface area contributed by atoms with E-state index in [1.165, 1.54) is 256 Å². The summed E-state index contributed by atoms with van der Waals surface area (Å²) in [6, 6.07) is 191. The normalized spacial score (nSPS) is 12.4. The number of hydrogen-bond donors (Lipinski definition) is 0. The third-order valence-electron chi connectivity index (χ3n) is 31.7. The topological polar surface area (TPSA) is 29.6 Å². The Morgan fingerprint density at radius 1 is 0.162 bits per heavy atom.